The van der Waals surface area contributed by atoms with Crippen molar-refractivity contribution in [2.45, 2.75) is 52.5 Å². The molecule has 0 aromatic heterocycles. The standard InChI is InChI=1S/C17H29NO/c1-4-12-18-16(3)14-15(2)9-8-13-19-17-10-6-5-7-11-17/h5-7,10-11,15-16,18H,4,8-9,12-14H2,1-3H3. The molecule has 108 valence electrons. The van der Waals surface area contributed by atoms with Crippen molar-refractivity contribution < 1.29 is 4.74 Å². The number of nitrogens with one attached hydrogen (secondary N) is 1. The molecule has 0 spiro atoms. The Labute approximate surface area is 118 Å². The molecule has 2 heteroatoms. The van der Waals surface area contributed by atoms with Crippen LogP contribution >= 0.6 is 0 Å². The molecule has 0 bridgehead atoms. The van der Waals surface area contributed by atoms with Crippen molar-refractivity contribution in [1.29, 1.82) is 0 Å². The van der Waals surface area contributed by atoms with Crippen LogP contribution in [-0.4, -0.2) is 19.2 Å². The Morgan fingerprint density at radius 3 is 2.58 bits per heavy atom. The first-order valence-corrected chi connectivity index (χ1v) is 7.63. The molecule has 2 unspecified atom stereocenters. The van der Waals surface area contributed by atoms with Gasteiger partial charge in [-0.3, -0.25) is 0 Å². The van der Waals surface area contributed by atoms with Gasteiger partial charge in [-0.15, -0.1) is 0 Å². The van der Waals surface area contributed by atoms with E-state index in [2.05, 4.69) is 26.1 Å². The Morgan fingerprint density at radius 1 is 1.16 bits per heavy atom. The number of rotatable bonds is 10. The molecule has 0 fully saturated rings. The second-order valence-corrected chi connectivity index (χ2v) is 5.50. The maximum Gasteiger partial charge on any atom is 0.119 e. The van der Waals surface area contributed by atoms with Crippen LogP contribution in [0.5, 0.6) is 5.75 Å². The molecule has 0 aliphatic rings. The first kappa shape index (κ1) is 16.0. The molecule has 0 amide bonds. The van der Waals surface area contributed by atoms with Gasteiger partial charge >= 0.3 is 0 Å². The summed E-state index contributed by atoms with van der Waals surface area (Å²) in [7, 11) is 0. The average Bonchev–Trinajstić information content (AvgIpc) is 2.42. The molecule has 0 heterocycles. The van der Waals surface area contributed by atoms with Crippen LogP contribution in [0.2, 0.25) is 0 Å². The van der Waals surface area contributed by atoms with Crippen LogP contribution in [0.3, 0.4) is 0 Å². The minimum atomic E-state index is 0.630. The molecule has 1 rings (SSSR count). The molecule has 2 atom stereocenters. The van der Waals surface area contributed by atoms with E-state index in [9.17, 15) is 0 Å². The van der Waals surface area contributed by atoms with Gasteiger partial charge in [0.1, 0.15) is 5.75 Å². The summed E-state index contributed by atoms with van der Waals surface area (Å²) in [5, 5.41) is 3.55. The first-order chi connectivity index (χ1) is 9.22. The van der Waals surface area contributed by atoms with Crippen LogP contribution in [0.1, 0.15) is 46.5 Å². The second kappa shape index (κ2) is 9.85. The Bertz CT molecular complexity index is 312. The van der Waals surface area contributed by atoms with Gasteiger partial charge in [0, 0.05) is 6.04 Å². The molecule has 0 saturated carbocycles. The summed E-state index contributed by atoms with van der Waals surface area (Å²) in [5.74, 6) is 1.74. The van der Waals surface area contributed by atoms with E-state index in [0.29, 0.717) is 6.04 Å². The van der Waals surface area contributed by atoms with E-state index in [1.165, 1.54) is 19.3 Å². The predicted octanol–water partition coefficient (Wildman–Crippen LogP) is 4.26. The third-order valence-corrected chi connectivity index (χ3v) is 3.35. The quantitative estimate of drug-likeness (QED) is 0.637. The molecular weight excluding hydrogens is 234 g/mol. The maximum atomic E-state index is 5.71. The highest BCUT2D eigenvalue weighted by atomic mass is 16.5. The highest BCUT2D eigenvalue weighted by molar-refractivity contribution is 5.20. The fraction of sp³-hybridized carbons (Fsp3) is 0.647. The van der Waals surface area contributed by atoms with Crippen molar-refractivity contribution in [3.05, 3.63) is 30.3 Å². The Hall–Kier alpha value is -1.02. The Morgan fingerprint density at radius 2 is 1.89 bits per heavy atom. The lowest BCUT2D eigenvalue weighted by Gasteiger charge is -2.18. The summed E-state index contributed by atoms with van der Waals surface area (Å²) in [6.07, 6.45) is 4.84. The van der Waals surface area contributed by atoms with Crippen LogP contribution in [-0.2, 0) is 0 Å². The lowest BCUT2D eigenvalue weighted by atomic mass is 9.98. The van der Waals surface area contributed by atoms with Gasteiger partial charge in [0.25, 0.3) is 0 Å². The number of benzene rings is 1. The van der Waals surface area contributed by atoms with Gasteiger partial charge in [0.15, 0.2) is 0 Å². The van der Waals surface area contributed by atoms with Crippen molar-refractivity contribution in [1.82, 2.24) is 5.32 Å². The molecule has 1 aromatic carbocycles. The van der Waals surface area contributed by atoms with Gasteiger partial charge in [0.05, 0.1) is 6.61 Å². The third kappa shape index (κ3) is 7.89. The van der Waals surface area contributed by atoms with Crippen molar-refractivity contribution in [3.8, 4) is 5.75 Å². The summed E-state index contributed by atoms with van der Waals surface area (Å²) >= 11 is 0. The lowest BCUT2D eigenvalue weighted by molar-refractivity contribution is 0.287. The minimum absolute atomic E-state index is 0.630. The number of para-hydroxylation sites is 1. The molecule has 0 aliphatic carbocycles. The fourth-order valence-corrected chi connectivity index (χ4v) is 2.33. The second-order valence-electron chi connectivity index (χ2n) is 5.50. The summed E-state index contributed by atoms with van der Waals surface area (Å²) < 4.78 is 5.71. The SMILES string of the molecule is CCCNC(C)CC(C)CCCOc1ccccc1. The van der Waals surface area contributed by atoms with Crippen LogP contribution in [0.15, 0.2) is 30.3 Å². The molecule has 1 aromatic rings. The van der Waals surface area contributed by atoms with E-state index in [1.54, 1.807) is 0 Å². The van der Waals surface area contributed by atoms with Gasteiger partial charge in [-0.1, -0.05) is 32.0 Å². The van der Waals surface area contributed by atoms with E-state index in [0.717, 1.165) is 31.2 Å². The van der Waals surface area contributed by atoms with Crippen LogP contribution < -0.4 is 10.1 Å². The van der Waals surface area contributed by atoms with Crippen molar-refractivity contribution in [2.75, 3.05) is 13.2 Å². The van der Waals surface area contributed by atoms with E-state index in [-0.39, 0.29) is 0 Å². The number of ether oxygens (including phenoxy) is 1. The van der Waals surface area contributed by atoms with E-state index < -0.39 is 0 Å². The smallest absolute Gasteiger partial charge is 0.119 e. The van der Waals surface area contributed by atoms with Crippen molar-refractivity contribution >= 4 is 0 Å². The van der Waals surface area contributed by atoms with Crippen LogP contribution in [0.25, 0.3) is 0 Å². The molecule has 1 N–H and O–H groups in total. The summed E-state index contributed by atoms with van der Waals surface area (Å²) in [6, 6.07) is 10.7. The van der Waals surface area contributed by atoms with Gasteiger partial charge < -0.3 is 10.1 Å². The van der Waals surface area contributed by atoms with Gasteiger partial charge in [0.2, 0.25) is 0 Å². The summed E-state index contributed by atoms with van der Waals surface area (Å²) in [6.45, 7) is 8.79. The van der Waals surface area contributed by atoms with E-state index >= 15 is 0 Å². The Balaban J connectivity index is 2.05. The maximum absolute atomic E-state index is 5.71. The topological polar surface area (TPSA) is 21.3 Å². The summed E-state index contributed by atoms with van der Waals surface area (Å²) in [5.41, 5.74) is 0. The van der Waals surface area contributed by atoms with Crippen LogP contribution in [0, 0.1) is 5.92 Å². The Kier molecular flexibility index (Phi) is 8.31. The minimum Gasteiger partial charge on any atom is -0.494 e. The molecule has 0 aliphatic heterocycles. The zero-order valence-corrected chi connectivity index (χ0v) is 12.7. The first-order valence-electron chi connectivity index (χ1n) is 7.63. The zero-order chi connectivity index (χ0) is 13.9. The zero-order valence-electron chi connectivity index (χ0n) is 12.7. The molecule has 0 saturated heterocycles. The van der Waals surface area contributed by atoms with Crippen molar-refractivity contribution in [3.63, 3.8) is 0 Å². The van der Waals surface area contributed by atoms with Gasteiger partial charge in [-0.25, -0.2) is 0 Å². The highest BCUT2D eigenvalue weighted by Crippen LogP contribution is 2.14. The van der Waals surface area contributed by atoms with Crippen molar-refractivity contribution in [2.24, 2.45) is 5.92 Å². The van der Waals surface area contributed by atoms with E-state index in [4.69, 9.17) is 4.74 Å². The van der Waals surface area contributed by atoms with E-state index in [1.807, 2.05) is 30.3 Å². The van der Waals surface area contributed by atoms with Gasteiger partial charge in [-0.2, -0.15) is 0 Å². The third-order valence-electron chi connectivity index (χ3n) is 3.35. The largest absolute Gasteiger partial charge is 0.494 e. The number of hydrogen-bond acceptors (Lipinski definition) is 2. The fourth-order valence-electron chi connectivity index (χ4n) is 2.33. The normalized spacial score (nSPS) is 14.1. The molecule has 0 radical (unpaired) electrons. The average molecular weight is 263 g/mol. The number of hydrogen-bond donors (Lipinski definition) is 1. The lowest BCUT2D eigenvalue weighted by Crippen LogP contribution is -2.28. The monoisotopic (exact) mass is 263 g/mol. The highest BCUT2D eigenvalue weighted by Gasteiger charge is 2.07. The molecule has 2 nitrogen and oxygen atoms in total. The summed E-state index contributed by atoms with van der Waals surface area (Å²) in [4.78, 5) is 0. The van der Waals surface area contributed by atoms with Crippen LogP contribution in [0.4, 0.5) is 0 Å². The molecule has 19 heavy (non-hydrogen) atoms. The predicted molar refractivity (Wildman–Crippen MR) is 82.7 cm³/mol. The molecular formula is C17H29NO. The van der Waals surface area contributed by atoms with Gasteiger partial charge in [-0.05, 0) is 57.2 Å².